The van der Waals surface area contributed by atoms with Crippen molar-refractivity contribution in [2.75, 3.05) is 5.32 Å². The van der Waals surface area contributed by atoms with Gasteiger partial charge in [0.2, 0.25) is 6.10 Å². The number of hydrogen-bond donors (Lipinski definition) is 1. The maximum Gasteiger partial charge on any atom is 0.339 e. The molecular formula is C25H23NO4. The normalized spacial score (nSPS) is 11.4. The molecule has 0 radical (unpaired) electrons. The number of rotatable bonds is 7. The van der Waals surface area contributed by atoms with Gasteiger partial charge >= 0.3 is 5.97 Å². The molecule has 0 aliphatic heterocycles. The van der Waals surface area contributed by atoms with Crippen LogP contribution in [0.4, 0.5) is 5.69 Å². The van der Waals surface area contributed by atoms with Crippen molar-refractivity contribution in [2.45, 2.75) is 26.4 Å². The minimum Gasteiger partial charge on any atom is -0.444 e. The Morgan fingerprint density at radius 3 is 2.20 bits per heavy atom. The second kappa shape index (κ2) is 9.65. The minimum absolute atomic E-state index is 0.104. The number of esters is 1. The number of hydrogen-bond acceptors (Lipinski definition) is 4. The SMILES string of the molecule is CCc1ccc(C(=O)OC(C(=O)Nc2cccc(C(C)=O)c2)c2ccccc2)cc1. The summed E-state index contributed by atoms with van der Waals surface area (Å²) in [5.41, 5.74) is 2.97. The van der Waals surface area contributed by atoms with Gasteiger partial charge < -0.3 is 10.1 Å². The van der Waals surface area contributed by atoms with Gasteiger partial charge in [0.1, 0.15) is 0 Å². The molecule has 3 aromatic rings. The highest BCUT2D eigenvalue weighted by Crippen LogP contribution is 2.22. The molecule has 30 heavy (non-hydrogen) atoms. The van der Waals surface area contributed by atoms with Crippen molar-refractivity contribution in [1.82, 2.24) is 0 Å². The van der Waals surface area contributed by atoms with Crippen molar-refractivity contribution >= 4 is 23.3 Å². The number of anilines is 1. The molecule has 3 aromatic carbocycles. The van der Waals surface area contributed by atoms with E-state index < -0.39 is 18.0 Å². The zero-order chi connectivity index (χ0) is 21.5. The van der Waals surface area contributed by atoms with Crippen LogP contribution in [-0.4, -0.2) is 17.7 Å². The molecule has 1 unspecified atom stereocenters. The fraction of sp³-hybridized carbons (Fsp3) is 0.160. The molecule has 0 aliphatic carbocycles. The standard InChI is InChI=1S/C25H23NO4/c1-3-18-12-14-20(15-13-18)25(29)30-23(19-8-5-4-6-9-19)24(28)26-22-11-7-10-21(16-22)17(2)27/h4-16,23H,3H2,1-2H3,(H,26,28). The second-order valence-corrected chi connectivity index (χ2v) is 6.87. The lowest BCUT2D eigenvalue weighted by Crippen LogP contribution is -2.26. The average Bonchev–Trinajstić information content (AvgIpc) is 2.78. The van der Waals surface area contributed by atoms with Gasteiger partial charge in [-0.05, 0) is 43.2 Å². The number of carbonyl (C=O) groups excluding carboxylic acids is 3. The molecule has 0 aliphatic rings. The first-order valence-electron chi connectivity index (χ1n) is 9.74. The number of nitrogens with one attached hydrogen (secondary N) is 1. The second-order valence-electron chi connectivity index (χ2n) is 6.87. The van der Waals surface area contributed by atoms with Crippen molar-refractivity contribution < 1.29 is 19.1 Å². The number of aryl methyl sites for hydroxylation is 1. The molecule has 0 aromatic heterocycles. The Kier molecular flexibility index (Phi) is 6.75. The number of ether oxygens (including phenoxy) is 1. The zero-order valence-electron chi connectivity index (χ0n) is 16.9. The molecule has 3 rings (SSSR count). The van der Waals surface area contributed by atoms with Gasteiger partial charge in [0.25, 0.3) is 5.91 Å². The third-order valence-electron chi connectivity index (χ3n) is 4.70. The van der Waals surface area contributed by atoms with Crippen molar-refractivity contribution in [3.8, 4) is 0 Å². The van der Waals surface area contributed by atoms with E-state index in [1.807, 2.05) is 25.1 Å². The largest absolute Gasteiger partial charge is 0.444 e. The van der Waals surface area contributed by atoms with Gasteiger partial charge in [-0.15, -0.1) is 0 Å². The number of ketones is 1. The first-order chi connectivity index (χ1) is 14.5. The molecule has 0 bridgehead atoms. The van der Waals surface area contributed by atoms with E-state index in [1.54, 1.807) is 60.7 Å². The Balaban J connectivity index is 1.83. The molecule has 0 saturated heterocycles. The van der Waals surface area contributed by atoms with Crippen LogP contribution in [0.1, 0.15) is 51.8 Å². The van der Waals surface area contributed by atoms with E-state index in [9.17, 15) is 14.4 Å². The summed E-state index contributed by atoms with van der Waals surface area (Å²) >= 11 is 0. The molecule has 0 saturated carbocycles. The van der Waals surface area contributed by atoms with Gasteiger partial charge in [0.05, 0.1) is 5.56 Å². The first kappa shape index (κ1) is 21.0. The Morgan fingerprint density at radius 1 is 0.867 bits per heavy atom. The van der Waals surface area contributed by atoms with Crippen LogP contribution in [0.2, 0.25) is 0 Å². The monoisotopic (exact) mass is 401 g/mol. The van der Waals surface area contributed by atoms with E-state index >= 15 is 0 Å². The third kappa shape index (κ3) is 5.20. The van der Waals surface area contributed by atoms with Crippen LogP contribution in [0, 0.1) is 0 Å². The molecule has 1 N–H and O–H groups in total. The summed E-state index contributed by atoms with van der Waals surface area (Å²) in [5.74, 6) is -1.19. The number of benzene rings is 3. The van der Waals surface area contributed by atoms with Gasteiger partial charge in [0.15, 0.2) is 5.78 Å². The van der Waals surface area contributed by atoms with Crippen molar-refractivity contribution in [3.05, 3.63) is 101 Å². The number of carbonyl (C=O) groups is 3. The lowest BCUT2D eigenvalue weighted by molar-refractivity contribution is -0.125. The molecule has 152 valence electrons. The predicted molar refractivity (Wildman–Crippen MR) is 115 cm³/mol. The summed E-state index contributed by atoms with van der Waals surface area (Å²) in [5, 5.41) is 2.74. The smallest absolute Gasteiger partial charge is 0.339 e. The van der Waals surface area contributed by atoms with E-state index in [0.717, 1.165) is 12.0 Å². The topological polar surface area (TPSA) is 72.5 Å². The lowest BCUT2D eigenvalue weighted by atomic mass is 10.1. The predicted octanol–water partition coefficient (Wildman–Crippen LogP) is 4.99. The van der Waals surface area contributed by atoms with E-state index in [1.165, 1.54) is 6.92 Å². The Bertz CT molecular complexity index is 1040. The maximum absolute atomic E-state index is 13.0. The number of amides is 1. The highest BCUT2D eigenvalue weighted by molar-refractivity contribution is 6.00. The van der Waals surface area contributed by atoms with E-state index in [0.29, 0.717) is 22.4 Å². The fourth-order valence-corrected chi connectivity index (χ4v) is 2.98. The van der Waals surface area contributed by atoms with Gasteiger partial charge in [-0.25, -0.2) is 4.79 Å². The Labute approximate surface area is 175 Å². The van der Waals surface area contributed by atoms with Crippen LogP contribution >= 0.6 is 0 Å². The summed E-state index contributed by atoms with van der Waals surface area (Å²) in [7, 11) is 0. The molecular weight excluding hydrogens is 378 g/mol. The summed E-state index contributed by atoms with van der Waals surface area (Å²) in [6, 6.07) is 22.6. The van der Waals surface area contributed by atoms with E-state index in [4.69, 9.17) is 4.74 Å². The number of Topliss-reactive ketones (excluding diaryl/α,β-unsaturated/α-hetero) is 1. The average molecular weight is 401 g/mol. The molecule has 0 fully saturated rings. The van der Waals surface area contributed by atoms with Crippen molar-refractivity contribution in [1.29, 1.82) is 0 Å². The van der Waals surface area contributed by atoms with Gasteiger partial charge in [-0.3, -0.25) is 9.59 Å². The van der Waals surface area contributed by atoms with Crippen LogP contribution in [-0.2, 0) is 16.0 Å². The van der Waals surface area contributed by atoms with Gasteiger partial charge in [0, 0.05) is 16.8 Å². The fourth-order valence-electron chi connectivity index (χ4n) is 2.98. The summed E-state index contributed by atoms with van der Waals surface area (Å²) < 4.78 is 5.59. The van der Waals surface area contributed by atoms with Crippen LogP contribution in [0.5, 0.6) is 0 Å². The van der Waals surface area contributed by atoms with Crippen LogP contribution < -0.4 is 5.32 Å². The van der Waals surface area contributed by atoms with Crippen LogP contribution in [0.15, 0.2) is 78.9 Å². The summed E-state index contributed by atoms with van der Waals surface area (Å²) in [4.78, 5) is 37.3. The van der Waals surface area contributed by atoms with Gasteiger partial charge in [-0.1, -0.05) is 61.5 Å². The maximum atomic E-state index is 13.0. The van der Waals surface area contributed by atoms with Gasteiger partial charge in [-0.2, -0.15) is 0 Å². The Hall–Kier alpha value is -3.73. The molecule has 0 spiro atoms. The summed E-state index contributed by atoms with van der Waals surface area (Å²) in [6.45, 7) is 3.49. The summed E-state index contributed by atoms with van der Waals surface area (Å²) in [6.07, 6.45) is -0.269. The Morgan fingerprint density at radius 2 is 1.57 bits per heavy atom. The van der Waals surface area contributed by atoms with Crippen molar-refractivity contribution in [2.24, 2.45) is 0 Å². The van der Waals surface area contributed by atoms with Crippen LogP contribution in [0.25, 0.3) is 0 Å². The van der Waals surface area contributed by atoms with Crippen molar-refractivity contribution in [3.63, 3.8) is 0 Å². The third-order valence-corrected chi connectivity index (χ3v) is 4.70. The lowest BCUT2D eigenvalue weighted by Gasteiger charge is -2.18. The van der Waals surface area contributed by atoms with Crippen LogP contribution in [0.3, 0.4) is 0 Å². The highest BCUT2D eigenvalue weighted by atomic mass is 16.5. The van der Waals surface area contributed by atoms with E-state index in [-0.39, 0.29) is 5.78 Å². The molecule has 1 amide bonds. The molecule has 0 heterocycles. The van der Waals surface area contributed by atoms with E-state index in [2.05, 4.69) is 5.32 Å². The molecule has 5 nitrogen and oxygen atoms in total. The molecule has 1 atom stereocenters. The zero-order valence-corrected chi connectivity index (χ0v) is 16.9. The quantitative estimate of drug-likeness (QED) is 0.447. The highest BCUT2D eigenvalue weighted by Gasteiger charge is 2.26. The molecule has 5 heteroatoms. The minimum atomic E-state index is -1.13. The first-order valence-corrected chi connectivity index (χ1v) is 9.74.